The Morgan fingerprint density at radius 3 is 2.45 bits per heavy atom. The molecule has 1 aromatic heterocycles. The van der Waals surface area contributed by atoms with Crippen molar-refractivity contribution in [2.24, 2.45) is 0 Å². The minimum Gasteiger partial charge on any atom is -0.454 e. The first kappa shape index (κ1) is 20.9. The van der Waals surface area contributed by atoms with E-state index in [0.717, 1.165) is 17.8 Å². The van der Waals surface area contributed by atoms with Crippen molar-refractivity contribution in [2.45, 2.75) is 26.6 Å². The van der Waals surface area contributed by atoms with Crippen LogP contribution in [0.2, 0.25) is 0 Å². The molecule has 0 bridgehead atoms. The first-order valence-corrected chi connectivity index (χ1v) is 11.1. The molecular formula is C28H26N2O3. The fourth-order valence-corrected chi connectivity index (χ4v) is 4.05. The number of amides is 1. The van der Waals surface area contributed by atoms with E-state index >= 15 is 0 Å². The number of hydrogen-bond donors (Lipinski definition) is 0. The van der Waals surface area contributed by atoms with Gasteiger partial charge in [-0.15, -0.1) is 0 Å². The van der Waals surface area contributed by atoms with Gasteiger partial charge in [-0.2, -0.15) is 0 Å². The molecule has 0 saturated heterocycles. The molecule has 0 spiro atoms. The Morgan fingerprint density at radius 2 is 1.64 bits per heavy atom. The number of carbonyl (C=O) groups is 1. The van der Waals surface area contributed by atoms with Crippen molar-refractivity contribution in [3.63, 3.8) is 0 Å². The van der Waals surface area contributed by atoms with Crippen molar-refractivity contribution in [3.05, 3.63) is 119 Å². The quantitative estimate of drug-likeness (QED) is 0.387. The van der Waals surface area contributed by atoms with E-state index in [0.29, 0.717) is 30.2 Å². The van der Waals surface area contributed by atoms with E-state index in [1.54, 1.807) is 18.2 Å². The summed E-state index contributed by atoms with van der Waals surface area (Å²) in [5, 5.41) is 0. The van der Waals surface area contributed by atoms with E-state index in [-0.39, 0.29) is 12.7 Å². The Morgan fingerprint density at radius 1 is 0.848 bits per heavy atom. The largest absolute Gasteiger partial charge is 0.454 e. The molecule has 5 heteroatoms. The van der Waals surface area contributed by atoms with Gasteiger partial charge in [-0.3, -0.25) is 4.79 Å². The summed E-state index contributed by atoms with van der Waals surface area (Å²) in [7, 11) is 0. The topological polar surface area (TPSA) is 43.7 Å². The second kappa shape index (κ2) is 9.25. The molecule has 0 aliphatic carbocycles. The summed E-state index contributed by atoms with van der Waals surface area (Å²) in [6, 6.07) is 28.1. The zero-order valence-corrected chi connectivity index (χ0v) is 18.6. The zero-order valence-electron chi connectivity index (χ0n) is 18.6. The van der Waals surface area contributed by atoms with Gasteiger partial charge in [0.25, 0.3) is 5.91 Å². The van der Waals surface area contributed by atoms with E-state index in [1.165, 1.54) is 11.1 Å². The monoisotopic (exact) mass is 438 g/mol. The lowest BCUT2D eigenvalue weighted by atomic mass is 10.1. The van der Waals surface area contributed by atoms with Gasteiger partial charge in [-0.25, -0.2) is 0 Å². The van der Waals surface area contributed by atoms with Crippen molar-refractivity contribution in [3.8, 4) is 11.5 Å². The third-order valence-corrected chi connectivity index (χ3v) is 5.87. The van der Waals surface area contributed by atoms with Gasteiger partial charge >= 0.3 is 0 Å². The summed E-state index contributed by atoms with van der Waals surface area (Å²) in [5.74, 6) is 1.25. The number of hydrogen-bond acceptors (Lipinski definition) is 3. The maximum absolute atomic E-state index is 13.6. The van der Waals surface area contributed by atoms with Crippen LogP contribution < -0.4 is 9.47 Å². The fourth-order valence-electron chi connectivity index (χ4n) is 4.05. The van der Waals surface area contributed by atoms with E-state index in [1.807, 2.05) is 41.3 Å². The van der Waals surface area contributed by atoms with Gasteiger partial charge in [0, 0.05) is 30.5 Å². The van der Waals surface area contributed by atoms with Gasteiger partial charge in [0.05, 0.1) is 6.54 Å². The molecule has 5 rings (SSSR count). The van der Waals surface area contributed by atoms with Crippen molar-refractivity contribution in [1.82, 2.24) is 9.47 Å². The molecule has 1 amide bonds. The van der Waals surface area contributed by atoms with Crippen LogP contribution in [0.3, 0.4) is 0 Å². The Bertz CT molecular complexity index is 1250. The molecule has 0 atom stereocenters. The summed E-state index contributed by atoms with van der Waals surface area (Å²) in [5.41, 5.74) is 5.24. The average Bonchev–Trinajstić information content (AvgIpc) is 3.49. The van der Waals surface area contributed by atoms with Crippen LogP contribution in [0.5, 0.6) is 11.5 Å². The summed E-state index contributed by atoms with van der Waals surface area (Å²) < 4.78 is 13.1. The standard InChI is InChI=1S/C28H26N2O3/c1-21-9-11-23(12-10-21)17-29-15-5-8-25(29)19-30(18-22-6-3-2-4-7-22)28(31)24-13-14-26-27(16-24)33-20-32-26/h2-16H,17-20H2,1H3. The second-order valence-electron chi connectivity index (χ2n) is 8.33. The highest BCUT2D eigenvalue weighted by atomic mass is 16.7. The highest BCUT2D eigenvalue weighted by molar-refractivity contribution is 5.95. The summed E-state index contributed by atoms with van der Waals surface area (Å²) >= 11 is 0. The Hall–Kier alpha value is -3.99. The number of benzene rings is 3. The van der Waals surface area contributed by atoms with Gasteiger partial charge in [-0.1, -0.05) is 60.2 Å². The lowest BCUT2D eigenvalue weighted by Gasteiger charge is -2.24. The van der Waals surface area contributed by atoms with Gasteiger partial charge < -0.3 is 18.9 Å². The summed E-state index contributed by atoms with van der Waals surface area (Å²) in [6.07, 6.45) is 2.07. The number of fused-ring (bicyclic) bond motifs is 1. The molecule has 0 radical (unpaired) electrons. The average molecular weight is 439 g/mol. The van der Waals surface area contributed by atoms with E-state index in [4.69, 9.17) is 9.47 Å². The van der Waals surface area contributed by atoms with E-state index in [9.17, 15) is 4.79 Å². The highest BCUT2D eigenvalue weighted by Crippen LogP contribution is 2.33. The SMILES string of the molecule is Cc1ccc(Cn2cccc2CN(Cc2ccccc2)C(=O)c2ccc3c(c2)OCO3)cc1. The number of carbonyl (C=O) groups excluding carboxylic acids is 1. The molecule has 0 fully saturated rings. The molecule has 1 aliphatic rings. The van der Waals surface area contributed by atoms with Crippen LogP contribution in [-0.4, -0.2) is 22.2 Å². The van der Waals surface area contributed by atoms with Crippen molar-refractivity contribution >= 4 is 5.91 Å². The van der Waals surface area contributed by atoms with Gasteiger partial charge in [0.2, 0.25) is 6.79 Å². The lowest BCUT2D eigenvalue weighted by Crippen LogP contribution is -2.31. The van der Waals surface area contributed by atoms with Crippen LogP contribution in [-0.2, 0) is 19.6 Å². The summed E-state index contributed by atoms with van der Waals surface area (Å²) in [6.45, 7) is 4.06. The maximum Gasteiger partial charge on any atom is 0.254 e. The van der Waals surface area contributed by atoms with Crippen molar-refractivity contribution < 1.29 is 14.3 Å². The molecule has 0 unspecified atom stereocenters. The van der Waals surface area contributed by atoms with Crippen LogP contribution >= 0.6 is 0 Å². The predicted molar refractivity (Wildman–Crippen MR) is 127 cm³/mol. The number of nitrogens with zero attached hydrogens (tertiary/aromatic N) is 2. The molecule has 166 valence electrons. The molecule has 2 heterocycles. The molecule has 4 aromatic rings. The molecule has 0 saturated carbocycles. The minimum atomic E-state index is -0.0414. The first-order valence-electron chi connectivity index (χ1n) is 11.1. The normalized spacial score (nSPS) is 12.0. The van der Waals surface area contributed by atoms with Gasteiger partial charge in [-0.05, 0) is 48.4 Å². The van der Waals surface area contributed by atoms with Crippen molar-refractivity contribution in [1.29, 1.82) is 0 Å². The van der Waals surface area contributed by atoms with Crippen molar-refractivity contribution in [2.75, 3.05) is 6.79 Å². The number of rotatable bonds is 7. The molecule has 0 N–H and O–H groups in total. The first-order chi connectivity index (χ1) is 16.2. The van der Waals surface area contributed by atoms with Crippen LogP contribution in [0.15, 0.2) is 91.1 Å². The van der Waals surface area contributed by atoms with Gasteiger partial charge in [0.15, 0.2) is 11.5 Å². The lowest BCUT2D eigenvalue weighted by molar-refractivity contribution is 0.0726. The van der Waals surface area contributed by atoms with E-state index in [2.05, 4.69) is 48.0 Å². The van der Waals surface area contributed by atoms with Crippen LogP contribution in [0, 0.1) is 6.92 Å². The number of aromatic nitrogens is 1. The summed E-state index contributed by atoms with van der Waals surface area (Å²) in [4.78, 5) is 15.5. The third-order valence-electron chi connectivity index (χ3n) is 5.87. The number of ether oxygens (including phenoxy) is 2. The predicted octanol–water partition coefficient (Wildman–Crippen LogP) is 5.42. The number of aryl methyl sites for hydroxylation is 1. The second-order valence-corrected chi connectivity index (χ2v) is 8.33. The highest BCUT2D eigenvalue weighted by Gasteiger charge is 2.22. The Balaban J connectivity index is 1.41. The fraction of sp³-hybridized carbons (Fsp3) is 0.179. The van der Waals surface area contributed by atoms with Gasteiger partial charge in [0.1, 0.15) is 0 Å². The van der Waals surface area contributed by atoms with E-state index < -0.39 is 0 Å². The zero-order chi connectivity index (χ0) is 22.6. The Kier molecular flexibility index (Phi) is 5.85. The van der Waals surface area contributed by atoms with Crippen LogP contribution in [0.4, 0.5) is 0 Å². The molecular weight excluding hydrogens is 412 g/mol. The smallest absolute Gasteiger partial charge is 0.254 e. The Labute approximate surface area is 193 Å². The molecule has 33 heavy (non-hydrogen) atoms. The minimum absolute atomic E-state index is 0.0414. The maximum atomic E-state index is 13.6. The molecule has 5 nitrogen and oxygen atoms in total. The molecule has 3 aromatic carbocycles. The third kappa shape index (κ3) is 4.77. The molecule has 1 aliphatic heterocycles. The van der Waals surface area contributed by atoms with Crippen LogP contribution in [0.25, 0.3) is 0 Å². The van der Waals surface area contributed by atoms with Crippen LogP contribution in [0.1, 0.15) is 32.7 Å².